The second kappa shape index (κ2) is 7.79. The van der Waals surface area contributed by atoms with Crippen molar-refractivity contribution in [3.8, 4) is 17.1 Å². The average Bonchev–Trinajstić information content (AvgIpc) is 3.00. The molecule has 0 saturated carbocycles. The SMILES string of the molecule is CC(C)COc1cncc(NCc2cn(C)nc2-c2ccccc2)n1. The third kappa shape index (κ3) is 4.56. The Labute approximate surface area is 147 Å². The zero-order valence-electron chi connectivity index (χ0n) is 14.8. The van der Waals surface area contributed by atoms with Crippen LogP contribution in [-0.2, 0) is 13.6 Å². The van der Waals surface area contributed by atoms with Crippen LogP contribution in [0.3, 0.4) is 0 Å². The first-order valence-electron chi connectivity index (χ1n) is 8.38. The van der Waals surface area contributed by atoms with Gasteiger partial charge < -0.3 is 10.1 Å². The van der Waals surface area contributed by atoms with Crippen LogP contribution in [-0.4, -0.2) is 26.4 Å². The van der Waals surface area contributed by atoms with E-state index in [1.807, 2.05) is 36.1 Å². The molecule has 0 radical (unpaired) electrons. The smallest absolute Gasteiger partial charge is 0.234 e. The molecule has 0 saturated heterocycles. The van der Waals surface area contributed by atoms with Gasteiger partial charge in [-0.1, -0.05) is 44.2 Å². The van der Waals surface area contributed by atoms with Gasteiger partial charge in [0.25, 0.3) is 0 Å². The maximum atomic E-state index is 5.63. The summed E-state index contributed by atoms with van der Waals surface area (Å²) in [4.78, 5) is 8.64. The summed E-state index contributed by atoms with van der Waals surface area (Å²) >= 11 is 0. The molecule has 3 rings (SSSR count). The van der Waals surface area contributed by atoms with Crippen molar-refractivity contribution in [1.29, 1.82) is 0 Å². The van der Waals surface area contributed by atoms with E-state index in [0.717, 1.165) is 16.8 Å². The first kappa shape index (κ1) is 17.0. The van der Waals surface area contributed by atoms with Crippen molar-refractivity contribution in [1.82, 2.24) is 19.7 Å². The van der Waals surface area contributed by atoms with Gasteiger partial charge in [0.1, 0.15) is 5.82 Å². The molecule has 130 valence electrons. The number of nitrogens with one attached hydrogen (secondary N) is 1. The molecule has 0 bridgehead atoms. The first-order chi connectivity index (χ1) is 12.1. The van der Waals surface area contributed by atoms with Gasteiger partial charge in [0.2, 0.25) is 5.88 Å². The molecule has 0 fully saturated rings. The lowest BCUT2D eigenvalue weighted by molar-refractivity contribution is 0.260. The fraction of sp³-hybridized carbons (Fsp3) is 0.316. The molecule has 0 atom stereocenters. The van der Waals surface area contributed by atoms with Crippen LogP contribution in [0, 0.1) is 5.92 Å². The van der Waals surface area contributed by atoms with Gasteiger partial charge in [0.05, 0.1) is 24.7 Å². The highest BCUT2D eigenvalue weighted by atomic mass is 16.5. The van der Waals surface area contributed by atoms with Gasteiger partial charge >= 0.3 is 0 Å². The summed E-state index contributed by atoms with van der Waals surface area (Å²) in [6.07, 6.45) is 5.34. The third-order valence-electron chi connectivity index (χ3n) is 3.59. The summed E-state index contributed by atoms with van der Waals surface area (Å²) < 4.78 is 7.45. The Morgan fingerprint density at radius 1 is 1.16 bits per heavy atom. The minimum Gasteiger partial charge on any atom is -0.476 e. The molecule has 2 heterocycles. The minimum atomic E-state index is 0.447. The van der Waals surface area contributed by atoms with Crippen LogP contribution in [0.2, 0.25) is 0 Å². The Hall–Kier alpha value is -2.89. The van der Waals surface area contributed by atoms with E-state index in [0.29, 0.717) is 30.8 Å². The molecular weight excluding hydrogens is 314 g/mol. The van der Waals surface area contributed by atoms with Crippen molar-refractivity contribution in [3.05, 3.63) is 54.5 Å². The van der Waals surface area contributed by atoms with Crippen LogP contribution in [0.15, 0.2) is 48.9 Å². The number of anilines is 1. The first-order valence-corrected chi connectivity index (χ1v) is 8.38. The van der Waals surface area contributed by atoms with E-state index >= 15 is 0 Å². The quantitative estimate of drug-likeness (QED) is 0.714. The third-order valence-corrected chi connectivity index (χ3v) is 3.59. The monoisotopic (exact) mass is 337 g/mol. The fourth-order valence-electron chi connectivity index (χ4n) is 2.45. The number of hydrogen-bond acceptors (Lipinski definition) is 5. The fourth-order valence-corrected chi connectivity index (χ4v) is 2.45. The maximum absolute atomic E-state index is 5.63. The van der Waals surface area contributed by atoms with E-state index in [1.165, 1.54) is 0 Å². The van der Waals surface area contributed by atoms with Crippen molar-refractivity contribution < 1.29 is 4.74 Å². The van der Waals surface area contributed by atoms with Crippen LogP contribution in [0.4, 0.5) is 5.82 Å². The number of aromatic nitrogens is 4. The van der Waals surface area contributed by atoms with E-state index in [2.05, 4.69) is 46.4 Å². The topological polar surface area (TPSA) is 64.9 Å². The van der Waals surface area contributed by atoms with E-state index in [9.17, 15) is 0 Å². The number of ether oxygens (including phenoxy) is 1. The summed E-state index contributed by atoms with van der Waals surface area (Å²) in [6, 6.07) is 10.2. The predicted molar refractivity (Wildman–Crippen MR) is 98.3 cm³/mol. The zero-order chi connectivity index (χ0) is 17.6. The van der Waals surface area contributed by atoms with Crippen LogP contribution >= 0.6 is 0 Å². The highest BCUT2D eigenvalue weighted by Gasteiger charge is 2.10. The minimum absolute atomic E-state index is 0.447. The van der Waals surface area contributed by atoms with Gasteiger partial charge in [0, 0.05) is 30.9 Å². The second-order valence-electron chi connectivity index (χ2n) is 6.34. The van der Waals surface area contributed by atoms with Gasteiger partial charge in [-0.3, -0.25) is 9.67 Å². The molecular formula is C19H23N5O. The summed E-state index contributed by atoms with van der Waals surface area (Å²) in [5.74, 6) is 1.67. The summed E-state index contributed by atoms with van der Waals surface area (Å²) in [5.41, 5.74) is 3.17. The molecule has 1 aromatic carbocycles. The second-order valence-corrected chi connectivity index (χ2v) is 6.34. The summed E-state index contributed by atoms with van der Waals surface area (Å²) in [7, 11) is 1.93. The van der Waals surface area contributed by atoms with E-state index in [4.69, 9.17) is 4.74 Å². The Morgan fingerprint density at radius 3 is 2.72 bits per heavy atom. The highest BCUT2D eigenvalue weighted by molar-refractivity contribution is 5.63. The lowest BCUT2D eigenvalue weighted by atomic mass is 10.1. The summed E-state index contributed by atoms with van der Waals surface area (Å²) in [6.45, 7) is 5.44. The molecule has 0 aliphatic carbocycles. The van der Waals surface area contributed by atoms with Crippen LogP contribution in [0.25, 0.3) is 11.3 Å². The maximum Gasteiger partial charge on any atom is 0.234 e. The van der Waals surface area contributed by atoms with Crippen LogP contribution in [0.5, 0.6) is 5.88 Å². The van der Waals surface area contributed by atoms with E-state index in [-0.39, 0.29) is 0 Å². The molecule has 6 nitrogen and oxygen atoms in total. The molecule has 1 N–H and O–H groups in total. The van der Waals surface area contributed by atoms with Gasteiger partial charge in [-0.25, -0.2) is 0 Å². The number of rotatable bonds is 7. The normalized spacial score (nSPS) is 10.9. The zero-order valence-corrected chi connectivity index (χ0v) is 14.8. The Balaban J connectivity index is 1.71. The van der Waals surface area contributed by atoms with Gasteiger partial charge in [-0.15, -0.1) is 0 Å². The standard InChI is InChI=1S/C19H23N5O/c1-14(2)13-25-18-11-20-10-17(22-18)21-9-16-12-24(3)23-19(16)15-7-5-4-6-8-15/h4-8,10-12,14H,9,13H2,1-3H3,(H,21,22). The lowest BCUT2D eigenvalue weighted by Gasteiger charge is -2.09. The Bertz CT molecular complexity index is 814. The van der Waals surface area contributed by atoms with Crippen molar-refractivity contribution in [2.24, 2.45) is 13.0 Å². The van der Waals surface area contributed by atoms with Crippen LogP contribution < -0.4 is 10.1 Å². The van der Waals surface area contributed by atoms with Gasteiger partial charge in [0.15, 0.2) is 0 Å². The molecule has 0 aliphatic heterocycles. The molecule has 25 heavy (non-hydrogen) atoms. The van der Waals surface area contributed by atoms with Crippen molar-refractivity contribution >= 4 is 5.82 Å². The lowest BCUT2D eigenvalue weighted by Crippen LogP contribution is -2.08. The molecule has 0 aliphatic rings. The summed E-state index contributed by atoms with van der Waals surface area (Å²) in [5, 5.41) is 7.88. The predicted octanol–water partition coefficient (Wildman–Crippen LogP) is 3.52. The van der Waals surface area contributed by atoms with Crippen molar-refractivity contribution in [2.45, 2.75) is 20.4 Å². The van der Waals surface area contributed by atoms with Crippen molar-refractivity contribution in [3.63, 3.8) is 0 Å². The number of benzene rings is 1. The number of hydrogen-bond donors (Lipinski definition) is 1. The van der Waals surface area contributed by atoms with Crippen LogP contribution in [0.1, 0.15) is 19.4 Å². The molecule has 0 amide bonds. The molecule has 0 spiro atoms. The Kier molecular flexibility index (Phi) is 5.28. The number of nitrogens with zero attached hydrogens (tertiary/aromatic N) is 4. The number of aryl methyl sites for hydroxylation is 1. The van der Waals surface area contributed by atoms with E-state index < -0.39 is 0 Å². The Morgan fingerprint density at radius 2 is 1.96 bits per heavy atom. The largest absolute Gasteiger partial charge is 0.476 e. The van der Waals surface area contributed by atoms with Crippen molar-refractivity contribution in [2.75, 3.05) is 11.9 Å². The molecule has 3 aromatic rings. The molecule has 6 heteroatoms. The average molecular weight is 337 g/mol. The van der Waals surface area contributed by atoms with Gasteiger partial charge in [-0.05, 0) is 5.92 Å². The van der Waals surface area contributed by atoms with Gasteiger partial charge in [-0.2, -0.15) is 10.1 Å². The highest BCUT2D eigenvalue weighted by Crippen LogP contribution is 2.22. The molecule has 2 aromatic heterocycles. The molecule has 0 unspecified atom stereocenters. The van der Waals surface area contributed by atoms with E-state index in [1.54, 1.807) is 12.4 Å².